The summed E-state index contributed by atoms with van der Waals surface area (Å²) in [6.45, 7) is 0. The van der Waals surface area contributed by atoms with Gasteiger partial charge in [0.15, 0.2) is 5.11 Å². The van der Waals surface area contributed by atoms with Crippen molar-refractivity contribution in [1.29, 1.82) is 0 Å². The minimum atomic E-state index is -1.75. The van der Waals surface area contributed by atoms with Gasteiger partial charge in [-0.3, -0.25) is 0 Å². The van der Waals surface area contributed by atoms with Crippen LogP contribution in [-0.2, 0) is 17.1 Å². The van der Waals surface area contributed by atoms with Crippen LogP contribution in [0.3, 0.4) is 0 Å². The summed E-state index contributed by atoms with van der Waals surface area (Å²) in [5.41, 5.74) is 9.24. The second-order valence-electron chi connectivity index (χ2n) is 0.850. The number of nitrogens with zero attached hydrogens (tertiary/aromatic N) is 2. The normalized spacial score (nSPS) is 5.54. The first-order valence-electron chi connectivity index (χ1n) is 1.88. The molecule has 0 atom stereocenters. The Morgan fingerprint density at radius 2 is 1.00 bits per heavy atom. The standard InChI is InChI=1S/CH4N2S.Cu.2NO3/c2-1(3)4;;2*2-1(3)4/h(H4,2,3,4);;;/q;+2;2*-1. The van der Waals surface area contributed by atoms with Crippen LogP contribution in [0.15, 0.2) is 0 Å². The van der Waals surface area contributed by atoms with Crippen LogP contribution in [0.5, 0.6) is 0 Å². The summed E-state index contributed by atoms with van der Waals surface area (Å²) in [4.78, 5) is 16.5. The zero-order valence-electron chi connectivity index (χ0n) is 5.71. The second-order valence-corrected chi connectivity index (χ2v) is 1.32. The van der Waals surface area contributed by atoms with Crippen molar-refractivity contribution in [3.05, 3.63) is 30.6 Å². The van der Waals surface area contributed by atoms with Gasteiger partial charge in [-0.2, -0.15) is 0 Å². The van der Waals surface area contributed by atoms with E-state index >= 15 is 0 Å². The average Bonchev–Trinajstić information content (AvgIpc) is 1.54. The molecule has 0 saturated heterocycles. The molecule has 0 aliphatic rings. The van der Waals surface area contributed by atoms with E-state index in [2.05, 4.69) is 23.7 Å². The Labute approximate surface area is 87.2 Å². The third-order valence-corrected chi connectivity index (χ3v) is 0. The van der Waals surface area contributed by atoms with E-state index < -0.39 is 10.2 Å². The van der Waals surface area contributed by atoms with E-state index in [0.717, 1.165) is 0 Å². The average molecular weight is 264 g/mol. The maximum absolute atomic E-state index is 8.25. The van der Waals surface area contributed by atoms with Gasteiger partial charge in [-0.25, -0.2) is 0 Å². The molecule has 0 rings (SSSR count). The molecule has 1 radical (unpaired) electrons. The summed E-state index contributed by atoms with van der Waals surface area (Å²) in [7, 11) is 0. The van der Waals surface area contributed by atoms with E-state index in [1.165, 1.54) is 0 Å². The molecule has 81 valence electrons. The summed E-state index contributed by atoms with van der Waals surface area (Å²) in [5, 5.41) is 29.5. The molecule has 0 unspecified atom stereocenters. The Morgan fingerprint density at radius 3 is 1.00 bits per heavy atom. The van der Waals surface area contributed by atoms with Crippen LogP contribution >= 0.6 is 12.2 Å². The Morgan fingerprint density at radius 1 is 1.00 bits per heavy atom. The zero-order valence-corrected chi connectivity index (χ0v) is 7.47. The number of hydrogen-bond donors (Lipinski definition) is 2. The Kier molecular flexibility index (Phi) is 29.4. The van der Waals surface area contributed by atoms with E-state index in [0.29, 0.717) is 0 Å². The summed E-state index contributed by atoms with van der Waals surface area (Å²) in [6.07, 6.45) is 0. The molecule has 13 heavy (non-hydrogen) atoms. The maximum atomic E-state index is 8.25. The van der Waals surface area contributed by atoms with Gasteiger partial charge in [-0.1, -0.05) is 0 Å². The predicted octanol–water partition coefficient (Wildman–Crippen LogP) is -1.29. The van der Waals surface area contributed by atoms with Crippen molar-refractivity contribution in [2.75, 3.05) is 0 Å². The molecule has 0 saturated carbocycles. The van der Waals surface area contributed by atoms with E-state index in [1.54, 1.807) is 0 Å². The molecule has 0 aromatic heterocycles. The molecule has 0 aliphatic heterocycles. The molecule has 0 amide bonds. The van der Waals surface area contributed by atoms with Gasteiger partial charge >= 0.3 is 17.1 Å². The van der Waals surface area contributed by atoms with Crippen molar-refractivity contribution in [3.8, 4) is 0 Å². The molecule has 0 aromatic rings. The van der Waals surface area contributed by atoms with Crippen molar-refractivity contribution in [2.24, 2.45) is 11.5 Å². The van der Waals surface area contributed by atoms with E-state index in [-0.39, 0.29) is 22.2 Å². The Balaban J connectivity index is -0.0000000450. The number of nitrogens with two attached hydrogens (primary N) is 2. The summed E-state index contributed by atoms with van der Waals surface area (Å²) in [6, 6.07) is 0. The van der Waals surface area contributed by atoms with Crippen LogP contribution in [0.1, 0.15) is 0 Å². The van der Waals surface area contributed by atoms with Crippen LogP contribution in [0, 0.1) is 30.6 Å². The van der Waals surface area contributed by atoms with E-state index in [9.17, 15) is 0 Å². The fraction of sp³-hybridized carbons (Fsp3) is 0. The minimum Gasteiger partial charge on any atom is -0.377 e. The molecule has 10 nitrogen and oxygen atoms in total. The third kappa shape index (κ3) is 407. The van der Waals surface area contributed by atoms with Crippen LogP contribution in [0.2, 0.25) is 0 Å². The van der Waals surface area contributed by atoms with Crippen molar-refractivity contribution in [2.45, 2.75) is 0 Å². The third-order valence-electron chi connectivity index (χ3n) is 0. The molecule has 0 aromatic carbocycles. The smallest absolute Gasteiger partial charge is 0.377 e. The van der Waals surface area contributed by atoms with Crippen molar-refractivity contribution in [1.82, 2.24) is 0 Å². The van der Waals surface area contributed by atoms with Gasteiger partial charge in [0.1, 0.15) is 0 Å². The fourth-order valence-corrected chi connectivity index (χ4v) is 0. The van der Waals surface area contributed by atoms with Gasteiger partial charge in [0.05, 0.1) is 10.2 Å². The number of rotatable bonds is 0. The number of thiocarbonyl (C=S) groups is 1. The fourth-order valence-electron chi connectivity index (χ4n) is 0. The van der Waals surface area contributed by atoms with Gasteiger partial charge in [0.25, 0.3) is 0 Å². The van der Waals surface area contributed by atoms with E-state index in [4.69, 9.17) is 30.6 Å². The molecule has 0 heterocycles. The number of hydrogen-bond acceptors (Lipinski definition) is 7. The van der Waals surface area contributed by atoms with Gasteiger partial charge < -0.3 is 42.1 Å². The molecule has 0 fully saturated rings. The largest absolute Gasteiger partial charge is 2.00 e. The predicted molar refractivity (Wildman–Crippen MR) is 41.7 cm³/mol. The summed E-state index contributed by atoms with van der Waals surface area (Å²) < 4.78 is 0. The Hall–Kier alpha value is -1.39. The molecule has 0 aliphatic carbocycles. The second kappa shape index (κ2) is 16.9. The van der Waals surface area contributed by atoms with Crippen molar-refractivity contribution < 1.29 is 27.2 Å². The monoisotopic (exact) mass is 263 g/mol. The molecule has 12 heteroatoms. The first-order valence-corrected chi connectivity index (χ1v) is 2.29. The quantitative estimate of drug-likeness (QED) is 0.232. The summed E-state index contributed by atoms with van der Waals surface area (Å²) in [5.74, 6) is 0. The maximum Gasteiger partial charge on any atom is 2.00 e. The van der Waals surface area contributed by atoms with Gasteiger partial charge in [-0.15, -0.1) is 0 Å². The first kappa shape index (κ1) is 22.6. The minimum absolute atomic E-state index is 0. The molecule has 4 N–H and O–H groups in total. The van der Waals surface area contributed by atoms with Gasteiger partial charge in [-0.05, 0) is 12.2 Å². The Bertz CT molecular complexity index is 122. The van der Waals surface area contributed by atoms with Gasteiger partial charge in [0, 0.05) is 0 Å². The van der Waals surface area contributed by atoms with Gasteiger partial charge in [0.2, 0.25) is 0 Å². The summed E-state index contributed by atoms with van der Waals surface area (Å²) >= 11 is 4.09. The van der Waals surface area contributed by atoms with Crippen LogP contribution in [0.4, 0.5) is 0 Å². The molecular formula is CH4CuN4O6S. The van der Waals surface area contributed by atoms with Crippen LogP contribution < -0.4 is 11.5 Å². The van der Waals surface area contributed by atoms with Crippen molar-refractivity contribution >= 4 is 17.3 Å². The zero-order chi connectivity index (χ0) is 10.7. The molecular weight excluding hydrogens is 260 g/mol. The van der Waals surface area contributed by atoms with Crippen LogP contribution in [-0.4, -0.2) is 15.3 Å². The van der Waals surface area contributed by atoms with Crippen molar-refractivity contribution in [3.63, 3.8) is 0 Å². The first-order chi connectivity index (χ1) is 5.20. The molecule has 0 spiro atoms. The SMILES string of the molecule is NC(N)=S.O=[N+]([O-])[O-].O=[N+]([O-])[O-].[Cu+2]. The van der Waals surface area contributed by atoms with E-state index in [1.807, 2.05) is 0 Å². The topological polar surface area (TPSA) is 184 Å². The van der Waals surface area contributed by atoms with Crippen LogP contribution in [0.25, 0.3) is 0 Å². The molecule has 0 bridgehead atoms.